The van der Waals surface area contributed by atoms with Crippen LogP contribution in [0.2, 0.25) is 0 Å². The van der Waals surface area contributed by atoms with Gasteiger partial charge < -0.3 is 24.8 Å². The zero-order valence-electron chi connectivity index (χ0n) is 12.6. The summed E-state index contributed by atoms with van der Waals surface area (Å²) < 4.78 is 10.5. The average molecular weight is 274 g/mol. The predicted octanol–water partition coefficient (Wildman–Crippen LogP) is 0.473. The monoisotopic (exact) mass is 274 g/mol. The fourth-order valence-electron chi connectivity index (χ4n) is 2.52. The van der Waals surface area contributed by atoms with Gasteiger partial charge in [0, 0.05) is 19.7 Å². The minimum absolute atomic E-state index is 0.0409. The fraction of sp³-hybridized carbons (Fsp3) is 1.00. The van der Waals surface area contributed by atoms with Gasteiger partial charge in [0.15, 0.2) is 0 Å². The highest BCUT2D eigenvalue weighted by Gasteiger charge is 2.20. The summed E-state index contributed by atoms with van der Waals surface area (Å²) in [5.74, 6) is 0. The molecule has 0 spiro atoms. The third-order valence-electron chi connectivity index (χ3n) is 3.52. The molecule has 2 unspecified atom stereocenters. The molecule has 1 aliphatic heterocycles. The highest BCUT2D eigenvalue weighted by Crippen LogP contribution is 2.10. The van der Waals surface area contributed by atoms with E-state index in [4.69, 9.17) is 9.47 Å². The number of methoxy groups -OCH3 is 1. The van der Waals surface area contributed by atoms with Crippen LogP contribution in [-0.4, -0.2) is 74.8 Å². The number of rotatable bonds is 9. The molecule has 1 fully saturated rings. The van der Waals surface area contributed by atoms with Gasteiger partial charge in [-0.3, -0.25) is 0 Å². The largest absolute Gasteiger partial charge is 0.389 e. The van der Waals surface area contributed by atoms with Crippen LogP contribution in [0.3, 0.4) is 0 Å². The Labute approximate surface area is 117 Å². The summed E-state index contributed by atoms with van der Waals surface area (Å²) in [6, 6.07) is 0.649. The van der Waals surface area contributed by atoms with Gasteiger partial charge in [-0.15, -0.1) is 0 Å². The SMILES string of the molecule is CCNC1CCN(CC(O)COC(C)COC)CC1. The molecule has 0 aliphatic carbocycles. The van der Waals surface area contributed by atoms with Crippen LogP contribution in [0.4, 0.5) is 0 Å². The molecule has 0 aromatic rings. The van der Waals surface area contributed by atoms with E-state index >= 15 is 0 Å². The lowest BCUT2D eigenvalue weighted by Crippen LogP contribution is -2.45. The van der Waals surface area contributed by atoms with Gasteiger partial charge in [-0.2, -0.15) is 0 Å². The van der Waals surface area contributed by atoms with Crippen LogP contribution in [-0.2, 0) is 9.47 Å². The fourth-order valence-corrected chi connectivity index (χ4v) is 2.52. The van der Waals surface area contributed by atoms with E-state index in [0.29, 0.717) is 25.8 Å². The second kappa shape index (κ2) is 9.66. The molecule has 0 radical (unpaired) electrons. The predicted molar refractivity (Wildman–Crippen MR) is 76.4 cm³/mol. The van der Waals surface area contributed by atoms with E-state index < -0.39 is 6.10 Å². The Balaban J connectivity index is 2.11. The maximum absolute atomic E-state index is 9.96. The van der Waals surface area contributed by atoms with Crippen molar-refractivity contribution in [3.05, 3.63) is 0 Å². The molecule has 114 valence electrons. The Bertz CT molecular complexity index is 221. The number of β-amino-alcohol motifs (C(OH)–C–C–N with tert-alkyl or cyclic N) is 1. The van der Waals surface area contributed by atoms with Crippen molar-refractivity contribution in [1.82, 2.24) is 10.2 Å². The van der Waals surface area contributed by atoms with Gasteiger partial charge in [0.25, 0.3) is 0 Å². The van der Waals surface area contributed by atoms with Gasteiger partial charge in [0.2, 0.25) is 0 Å². The standard InChI is InChI=1S/C14H30N2O3/c1-4-15-13-5-7-16(8-6-13)9-14(17)11-19-12(2)10-18-3/h12-15,17H,4-11H2,1-3H3. The van der Waals surface area contributed by atoms with Gasteiger partial charge in [-0.1, -0.05) is 6.92 Å². The molecule has 0 saturated carbocycles. The van der Waals surface area contributed by atoms with Crippen molar-refractivity contribution >= 4 is 0 Å². The molecule has 5 nitrogen and oxygen atoms in total. The van der Waals surface area contributed by atoms with Gasteiger partial charge in [0.05, 0.1) is 25.4 Å². The molecular weight excluding hydrogens is 244 g/mol. The Kier molecular flexibility index (Phi) is 8.57. The first-order valence-corrected chi connectivity index (χ1v) is 7.40. The molecule has 1 heterocycles. The summed E-state index contributed by atoms with van der Waals surface area (Å²) in [4.78, 5) is 2.32. The quantitative estimate of drug-likeness (QED) is 0.640. The van der Waals surface area contributed by atoms with E-state index in [1.807, 2.05) is 6.92 Å². The van der Waals surface area contributed by atoms with E-state index in [1.54, 1.807) is 7.11 Å². The highest BCUT2D eigenvalue weighted by atomic mass is 16.5. The maximum Gasteiger partial charge on any atom is 0.0900 e. The second-order valence-electron chi connectivity index (χ2n) is 5.39. The molecule has 1 rings (SSSR count). The van der Waals surface area contributed by atoms with Gasteiger partial charge in [0.1, 0.15) is 0 Å². The summed E-state index contributed by atoms with van der Waals surface area (Å²) in [6.45, 7) is 8.92. The summed E-state index contributed by atoms with van der Waals surface area (Å²) in [5, 5.41) is 13.4. The molecule has 1 aliphatic rings. The number of piperidine rings is 1. The van der Waals surface area contributed by atoms with Crippen LogP contribution < -0.4 is 5.32 Å². The Morgan fingerprint density at radius 2 is 2.00 bits per heavy atom. The number of nitrogens with one attached hydrogen (secondary N) is 1. The number of nitrogens with zero attached hydrogens (tertiary/aromatic N) is 1. The lowest BCUT2D eigenvalue weighted by molar-refractivity contribution is -0.0412. The number of aliphatic hydroxyl groups is 1. The van der Waals surface area contributed by atoms with Crippen molar-refractivity contribution in [2.75, 3.05) is 46.5 Å². The number of ether oxygens (including phenoxy) is 2. The first-order valence-electron chi connectivity index (χ1n) is 7.40. The number of likely N-dealkylation sites (tertiary alicyclic amines) is 1. The molecule has 5 heteroatoms. The summed E-state index contributed by atoms with van der Waals surface area (Å²) >= 11 is 0. The molecule has 0 aromatic heterocycles. The zero-order valence-corrected chi connectivity index (χ0v) is 12.6. The van der Waals surface area contributed by atoms with Crippen molar-refractivity contribution in [3.8, 4) is 0 Å². The van der Waals surface area contributed by atoms with Crippen molar-refractivity contribution < 1.29 is 14.6 Å². The first-order chi connectivity index (χ1) is 9.15. The molecule has 0 amide bonds. The molecule has 19 heavy (non-hydrogen) atoms. The summed E-state index contributed by atoms with van der Waals surface area (Å²) in [5.41, 5.74) is 0. The molecular formula is C14H30N2O3. The van der Waals surface area contributed by atoms with Crippen molar-refractivity contribution in [2.24, 2.45) is 0 Å². The molecule has 1 saturated heterocycles. The molecule has 0 aromatic carbocycles. The van der Waals surface area contributed by atoms with Crippen LogP contribution >= 0.6 is 0 Å². The van der Waals surface area contributed by atoms with Crippen LogP contribution in [0.5, 0.6) is 0 Å². The van der Waals surface area contributed by atoms with Crippen molar-refractivity contribution in [3.63, 3.8) is 0 Å². The van der Waals surface area contributed by atoms with Crippen LogP contribution in [0, 0.1) is 0 Å². The van der Waals surface area contributed by atoms with Crippen molar-refractivity contribution in [1.29, 1.82) is 0 Å². The topological polar surface area (TPSA) is 54.0 Å². The van der Waals surface area contributed by atoms with E-state index in [-0.39, 0.29) is 6.10 Å². The minimum atomic E-state index is -0.407. The Hall–Kier alpha value is -0.200. The number of aliphatic hydroxyl groups excluding tert-OH is 1. The van der Waals surface area contributed by atoms with E-state index in [9.17, 15) is 5.11 Å². The second-order valence-corrected chi connectivity index (χ2v) is 5.39. The van der Waals surface area contributed by atoms with Gasteiger partial charge in [-0.25, -0.2) is 0 Å². The molecule has 2 N–H and O–H groups in total. The lowest BCUT2D eigenvalue weighted by Gasteiger charge is -2.33. The average Bonchev–Trinajstić information content (AvgIpc) is 2.39. The highest BCUT2D eigenvalue weighted by molar-refractivity contribution is 4.78. The molecule has 0 bridgehead atoms. The van der Waals surface area contributed by atoms with Crippen molar-refractivity contribution in [2.45, 2.75) is 44.9 Å². The third kappa shape index (κ3) is 7.22. The third-order valence-corrected chi connectivity index (χ3v) is 3.52. The Morgan fingerprint density at radius 3 is 2.58 bits per heavy atom. The summed E-state index contributed by atoms with van der Waals surface area (Å²) in [7, 11) is 1.66. The lowest BCUT2D eigenvalue weighted by atomic mass is 10.0. The normalized spacial score (nSPS) is 21.5. The smallest absolute Gasteiger partial charge is 0.0900 e. The van der Waals surface area contributed by atoms with Gasteiger partial charge in [-0.05, 0) is 39.4 Å². The van der Waals surface area contributed by atoms with Gasteiger partial charge >= 0.3 is 0 Å². The van der Waals surface area contributed by atoms with Crippen LogP contribution in [0.1, 0.15) is 26.7 Å². The Morgan fingerprint density at radius 1 is 1.32 bits per heavy atom. The van der Waals surface area contributed by atoms with E-state index in [0.717, 1.165) is 19.6 Å². The maximum atomic E-state index is 9.96. The van der Waals surface area contributed by atoms with Crippen LogP contribution in [0.15, 0.2) is 0 Å². The van der Waals surface area contributed by atoms with E-state index in [2.05, 4.69) is 17.1 Å². The first kappa shape index (κ1) is 16.9. The minimum Gasteiger partial charge on any atom is -0.389 e. The number of hydrogen-bond donors (Lipinski definition) is 2. The zero-order chi connectivity index (χ0) is 14.1. The molecule has 2 atom stereocenters. The number of hydrogen-bond acceptors (Lipinski definition) is 5. The summed E-state index contributed by atoms with van der Waals surface area (Å²) in [6.07, 6.45) is 1.97. The van der Waals surface area contributed by atoms with E-state index in [1.165, 1.54) is 12.8 Å². The van der Waals surface area contributed by atoms with Crippen LogP contribution in [0.25, 0.3) is 0 Å².